The van der Waals surface area contributed by atoms with E-state index in [0.717, 1.165) is 0 Å². The van der Waals surface area contributed by atoms with Crippen LogP contribution in [0.15, 0.2) is 133 Å². The van der Waals surface area contributed by atoms with E-state index in [9.17, 15) is 0 Å². The lowest BCUT2D eigenvalue weighted by Crippen LogP contribution is -2.16. The van der Waals surface area contributed by atoms with E-state index in [1.165, 1.54) is 77.9 Å². The highest BCUT2D eigenvalue weighted by Crippen LogP contribution is 2.44. The van der Waals surface area contributed by atoms with Crippen molar-refractivity contribution < 1.29 is 0 Å². The first-order valence-corrected chi connectivity index (χ1v) is 16.5. The first-order chi connectivity index (χ1) is 21.9. The van der Waals surface area contributed by atoms with Gasteiger partial charge in [0.1, 0.15) is 0 Å². The molecule has 0 aromatic heterocycles. The monoisotopic (exact) mass is 598 g/mol. The van der Waals surface area contributed by atoms with Crippen molar-refractivity contribution >= 4 is 0 Å². The van der Waals surface area contributed by atoms with Crippen molar-refractivity contribution in [2.45, 2.75) is 66.2 Å². The molecule has 0 N–H and O–H groups in total. The van der Waals surface area contributed by atoms with Gasteiger partial charge in [-0.1, -0.05) is 163 Å². The Balaban J connectivity index is 1.66. The number of rotatable bonds is 5. The molecule has 46 heavy (non-hydrogen) atoms. The van der Waals surface area contributed by atoms with Crippen molar-refractivity contribution in [3.63, 3.8) is 0 Å². The van der Waals surface area contributed by atoms with Gasteiger partial charge in [0.05, 0.1) is 0 Å². The molecule has 0 spiro atoms. The van der Waals surface area contributed by atoms with E-state index in [0.29, 0.717) is 0 Å². The van der Waals surface area contributed by atoms with Crippen molar-refractivity contribution in [3.05, 3.63) is 156 Å². The molecule has 0 bridgehead atoms. The second kappa shape index (κ2) is 12.3. The highest BCUT2D eigenvalue weighted by Gasteiger charge is 2.25. The zero-order valence-corrected chi connectivity index (χ0v) is 28.7. The molecule has 0 fully saturated rings. The van der Waals surface area contributed by atoms with Gasteiger partial charge in [-0.15, -0.1) is 0 Å². The largest absolute Gasteiger partial charge is 0.0622 e. The molecular weight excluding hydrogens is 553 g/mol. The van der Waals surface area contributed by atoms with E-state index in [1.54, 1.807) is 0 Å². The first kappa shape index (κ1) is 31.3. The molecule has 0 radical (unpaired) electrons. The van der Waals surface area contributed by atoms with Gasteiger partial charge in [-0.05, 0) is 115 Å². The molecule has 0 aliphatic heterocycles. The molecule has 0 saturated heterocycles. The van der Waals surface area contributed by atoms with Gasteiger partial charge >= 0.3 is 0 Å². The Morgan fingerprint density at radius 3 is 0.891 bits per heavy atom. The Morgan fingerprint density at radius 2 is 0.587 bits per heavy atom. The van der Waals surface area contributed by atoms with Crippen molar-refractivity contribution in [2.24, 2.45) is 0 Å². The van der Waals surface area contributed by atoms with Gasteiger partial charge in [0.2, 0.25) is 0 Å². The summed E-state index contributed by atoms with van der Waals surface area (Å²) in [4.78, 5) is 0. The van der Waals surface area contributed by atoms with E-state index in [2.05, 4.69) is 189 Å². The molecule has 0 atom stereocenters. The minimum atomic E-state index is -0.0190. The predicted octanol–water partition coefficient (Wildman–Crippen LogP) is 13.2. The summed E-state index contributed by atoms with van der Waals surface area (Å²) in [6.45, 7) is 18.7. The van der Waals surface area contributed by atoms with Crippen LogP contribution in [0.1, 0.15) is 63.8 Å². The molecule has 0 heterocycles. The maximum absolute atomic E-state index is 2.45. The van der Waals surface area contributed by atoms with Crippen LogP contribution in [-0.2, 0) is 10.8 Å². The minimum absolute atomic E-state index is 0.0190. The average molecular weight is 599 g/mol. The molecule has 6 aromatic carbocycles. The molecule has 0 nitrogen and oxygen atoms in total. The van der Waals surface area contributed by atoms with Gasteiger partial charge in [-0.3, -0.25) is 0 Å². The van der Waals surface area contributed by atoms with Crippen molar-refractivity contribution in [3.8, 4) is 55.6 Å². The number of benzene rings is 6. The van der Waals surface area contributed by atoms with Crippen LogP contribution >= 0.6 is 0 Å². The molecular formula is C46H46. The minimum Gasteiger partial charge on any atom is -0.0622 e. The lowest BCUT2D eigenvalue weighted by molar-refractivity contribution is 0.585. The Morgan fingerprint density at radius 1 is 0.304 bits per heavy atom. The Labute approximate surface area is 276 Å². The lowest BCUT2D eigenvalue weighted by Gasteiger charge is -2.29. The third-order valence-electron chi connectivity index (χ3n) is 9.37. The van der Waals surface area contributed by atoms with Crippen LogP contribution in [0.25, 0.3) is 55.6 Å². The van der Waals surface area contributed by atoms with Gasteiger partial charge in [0.15, 0.2) is 0 Å². The maximum atomic E-state index is 2.45. The Bertz CT molecular complexity index is 1850. The molecule has 0 aliphatic carbocycles. The summed E-state index contributed by atoms with van der Waals surface area (Å²) in [7, 11) is 0. The van der Waals surface area contributed by atoms with E-state index in [4.69, 9.17) is 0 Å². The van der Waals surface area contributed by atoms with E-state index >= 15 is 0 Å². The van der Waals surface area contributed by atoms with Crippen LogP contribution < -0.4 is 0 Å². The standard InChI is InChI=1S/C46H46/c1-31-41(27-35(29-43(31)45(3,4)5)39-25-17-15-23-37(39)33-19-11-9-12-20-33)42-28-36(30-44(32(42)2)46(6,7)8)40-26-18-16-24-38(40)34-21-13-10-14-22-34/h9-30H,1-8H3. The van der Waals surface area contributed by atoms with E-state index < -0.39 is 0 Å². The smallest absolute Gasteiger partial charge is 0.0105 e. The molecule has 0 heteroatoms. The summed E-state index contributed by atoms with van der Waals surface area (Å²) in [5, 5.41) is 0. The van der Waals surface area contributed by atoms with Crippen LogP contribution in [0, 0.1) is 13.8 Å². The summed E-state index contributed by atoms with van der Waals surface area (Å²) >= 11 is 0. The first-order valence-electron chi connectivity index (χ1n) is 16.5. The highest BCUT2D eigenvalue weighted by atomic mass is 14.3. The summed E-state index contributed by atoms with van der Waals surface area (Å²) in [5.74, 6) is 0. The molecule has 0 saturated carbocycles. The van der Waals surface area contributed by atoms with Gasteiger partial charge in [-0.2, -0.15) is 0 Å². The summed E-state index contributed by atoms with van der Waals surface area (Å²) in [6.07, 6.45) is 0. The van der Waals surface area contributed by atoms with Crippen molar-refractivity contribution in [2.75, 3.05) is 0 Å². The Kier molecular flexibility index (Phi) is 8.34. The third kappa shape index (κ3) is 6.10. The molecule has 0 unspecified atom stereocenters. The van der Waals surface area contributed by atoms with E-state index in [-0.39, 0.29) is 10.8 Å². The van der Waals surface area contributed by atoms with Gasteiger partial charge < -0.3 is 0 Å². The summed E-state index contributed by atoms with van der Waals surface area (Å²) < 4.78 is 0. The zero-order valence-electron chi connectivity index (χ0n) is 28.7. The van der Waals surface area contributed by atoms with Gasteiger partial charge in [0.25, 0.3) is 0 Å². The maximum Gasteiger partial charge on any atom is -0.0105 e. The molecule has 230 valence electrons. The fraction of sp³-hybridized carbons (Fsp3) is 0.217. The highest BCUT2D eigenvalue weighted by molar-refractivity contribution is 5.90. The third-order valence-corrected chi connectivity index (χ3v) is 9.37. The van der Waals surface area contributed by atoms with Crippen LogP contribution in [-0.4, -0.2) is 0 Å². The molecule has 6 rings (SSSR count). The average Bonchev–Trinajstić information content (AvgIpc) is 3.05. The van der Waals surface area contributed by atoms with Crippen molar-refractivity contribution in [1.29, 1.82) is 0 Å². The number of hydrogen-bond acceptors (Lipinski definition) is 0. The SMILES string of the molecule is Cc1c(-c2cc(-c3ccccc3-c3ccccc3)cc(C(C)(C)C)c2C)cc(-c2ccccc2-c2ccccc2)cc1C(C)(C)C. The van der Waals surface area contributed by atoms with Crippen LogP contribution in [0.2, 0.25) is 0 Å². The zero-order chi connectivity index (χ0) is 32.6. The fourth-order valence-electron chi connectivity index (χ4n) is 7.07. The quantitative estimate of drug-likeness (QED) is 0.185. The lowest BCUT2D eigenvalue weighted by atomic mass is 9.75. The van der Waals surface area contributed by atoms with Crippen LogP contribution in [0.3, 0.4) is 0 Å². The van der Waals surface area contributed by atoms with Gasteiger partial charge in [-0.25, -0.2) is 0 Å². The topological polar surface area (TPSA) is 0 Å². The van der Waals surface area contributed by atoms with E-state index in [1.807, 2.05) is 0 Å². The second-order valence-corrected chi connectivity index (χ2v) is 14.7. The molecule has 0 amide bonds. The summed E-state index contributed by atoms with van der Waals surface area (Å²) in [6, 6.07) is 49.0. The van der Waals surface area contributed by atoms with Crippen molar-refractivity contribution in [1.82, 2.24) is 0 Å². The normalized spacial score (nSPS) is 11.9. The fourth-order valence-corrected chi connectivity index (χ4v) is 7.07. The van der Waals surface area contributed by atoms with Crippen LogP contribution in [0.5, 0.6) is 0 Å². The second-order valence-electron chi connectivity index (χ2n) is 14.7. The Hall–Kier alpha value is -4.68. The number of hydrogen-bond donors (Lipinski definition) is 0. The summed E-state index contributed by atoms with van der Waals surface area (Å²) in [5.41, 5.74) is 18.1. The van der Waals surface area contributed by atoms with Crippen LogP contribution in [0.4, 0.5) is 0 Å². The predicted molar refractivity (Wildman–Crippen MR) is 200 cm³/mol. The molecule has 6 aromatic rings. The van der Waals surface area contributed by atoms with Gasteiger partial charge in [0, 0.05) is 0 Å². The molecule has 0 aliphatic rings.